The van der Waals surface area contributed by atoms with Crippen molar-refractivity contribution in [2.24, 2.45) is 0 Å². The second-order valence-corrected chi connectivity index (χ2v) is 4.36. The lowest BCUT2D eigenvalue weighted by molar-refractivity contribution is 0.0692. The van der Waals surface area contributed by atoms with Gasteiger partial charge in [0.1, 0.15) is 11.6 Å². The second-order valence-electron chi connectivity index (χ2n) is 4.36. The van der Waals surface area contributed by atoms with Gasteiger partial charge >= 0.3 is 5.97 Å². The Morgan fingerprint density at radius 2 is 2.25 bits per heavy atom. The molecule has 2 heterocycles. The Bertz CT molecular complexity index is 804. The smallest absolute Gasteiger partial charge is 0.338 e. The summed E-state index contributed by atoms with van der Waals surface area (Å²) in [5.74, 6) is -0.316. The third-order valence-electron chi connectivity index (χ3n) is 3.04. The van der Waals surface area contributed by atoms with Crippen LogP contribution in [0.1, 0.15) is 23.0 Å². The highest BCUT2D eigenvalue weighted by molar-refractivity contribution is 5.93. The monoisotopic (exact) mass is 274 g/mol. The average molecular weight is 274 g/mol. The number of aromatic nitrogens is 2. The fourth-order valence-electron chi connectivity index (χ4n) is 2.01. The van der Waals surface area contributed by atoms with Crippen molar-refractivity contribution < 1.29 is 18.7 Å². The molecular weight excluding hydrogens is 263 g/mol. The van der Waals surface area contributed by atoms with Crippen molar-refractivity contribution >= 4 is 17.0 Å². The van der Waals surface area contributed by atoms with E-state index in [9.17, 15) is 9.18 Å². The minimum Gasteiger partial charge on any atom is -0.478 e. The number of halogens is 1. The van der Waals surface area contributed by atoms with E-state index in [4.69, 9.17) is 9.52 Å². The summed E-state index contributed by atoms with van der Waals surface area (Å²) in [5, 5.41) is 8.89. The summed E-state index contributed by atoms with van der Waals surface area (Å²) in [7, 11) is 0. The van der Waals surface area contributed by atoms with Gasteiger partial charge in [-0.15, -0.1) is 0 Å². The second kappa shape index (κ2) is 4.48. The van der Waals surface area contributed by atoms with Gasteiger partial charge in [0, 0.05) is 12.5 Å². The number of benzene rings is 1. The molecule has 0 bridgehead atoms. The van der Waals surface area contributed by atoms with Gasteiger partial charge in [-0.2, -0.15) is 0 Å². The summed E-state index contributed by atoms with van der Waals surface area (Å²) in [5.41, 5.74) is 0.412. The Morgan fingerprint density at radius 3 is 2.90 bits per heavy atom. The molecule has 0 unspecified atom stereocenters. The lowest BCUT2D eigenvalue weighted by atomic mass is 10.2. The summed E-state index contributed by atoms with van der Waals surface area (Å²) < 4.78 is 19.1. The molecule has 0 amide bonds. The number of fused-ring (bicyclic) bond motifs is 1. The highest BCUT2D eigenvalue weighted by atomic mass is 19.1. The first-order chi connectivity index (χ1) is 9.58. The van der Waals surface area contributed by atoms with E-state index in [2.05, 4.69) is 9.97 Å². The van der Waals surface area contributed by atoms with Crippen molar-refractivity contribution in [3.63, 3.8) is 0 Å². The summed E-state index contributed by atoms with van der Waals surface area (Å²) in [6.45, 7) is 1.97. The standard InChI is InChI=1S/C14H11FN2O3/c1-2-7-3-4-12(20-7)13-16-10-5-8(14(18)19)9(15)6-11(10)17-13/h3-6H,2H2,1H3,(H,16,17)(H,18,19). The molecule has 0 spiro atoms. The number of rotatable bonds is 3. The van der Waals surface area contributed by atoms with Crippen molar-refractivity contribution in [1.29, 1.82) is 0 Å². The summed E-state index contributed by atoms with van der Waals surface area (Å²) in [6.07, 6.45) is 0.762. The number of imidazole rings is 1. The number of furan rings is 1. The maximum Gasteiger partial charge on any atom is 0.338 e. The van der Waals surface area contributed by atoms with Crippen LogP contribution in [-0.2, 0) is 6.42 Å². The average Bonchev–Trinajstić information content (AvgIpc) is 3.02. The number of aromatic carboxylic acids is 1. The molecule has 0 aliphatic rings. The number of aryl methyl sites for hydroxylation is 1. The predicted octanol–water partition coefficient (Wildman–Crippen LogP) is 3.22. The molecule has 2 aromatic heterocycles. The van der Waals surface area contributed by atoms with Crippen LogP contribution in [0.5, 0.6) is 0 Å². The van der Waals surface area contributed by atoms with Crippen LogP contribution in [0.3, 0.4) is 0 Å². The van der Waals surface area contributed by atoms with Gasteiger partial charge in [0.05, 0.1) is 16.6 Å². The van der Waals surface area contributed by atoms with E-state index in [-0.39, 0.29) is 0 Å². The van der Waals surface area contributed by atoms with Crippen molar-refractivity contribution in [3.8, 4) is 11.6 Å². The van der Waals surface area contributed by atoms with Crippen LogP contribution in [0.2, 0.25) is 0 Å². The molecule has 0 aliphatic heterocycles. The maximum atomic E-state index is 13.6. The van der Waals surface area contributed by atoms with E-state index < -0.39 is 17.3 Å². The van der Waals surface area contributed by atoms with Crippen LogP contribution < -0.4 is 0 Å². The van der Waals surface area contributed by atoms with Crippen LogP contribution in [0.15, 0.2) is 28.7 Å². The molecule has 0 fully saturated rings. The zero-order valence-electron chi connectivity index (χ0n) is 10.6. The first kappa shape index (κ1) is 12.4. The third kappa shape index (κ3) is 1.95. The van der Waals surface area contributed by atoms with Gasteiger partial charge in [-0.3, -0.25) is 0 Å². The van der Waals surface area contributed by atoms with Crippen molar-refractivity contribution in [2.75, 3.05) is 0 Å². The molecule has 0 aliphatic carbocycles. The van der Waals surface area contributed by atoms with Gasteiger partial charge in [0.25, 0.3) is 0 Å². The highest BCUT2D eigenvalue weighted by Crippen LogP contribution is 2.24. The van der Waals surface area contributed by atoms with E-state index in [1.54, 1.807) is 6.07 Å². The van der Waals surface area contributed by atoms with E-state index in [0.717, 1.165) is 18.2 Å². The Labute approximate surface area is 113 Å². The lowest BCUT2D eigenvalue weighted by Gasteiger charge is -1.95. The number of aromatic amines is 1. The number of nitrogens with zero attached hydrogens (tertiary/aromatic N) is 1. The van der Waals surface area contributed by atoms with Crippen LogP contribution >= 0.6 is 0 Å². The summed E-state index contributed by atoms with van der Waals surface area (Å²) in [4.78, 5) is 18.0. The molecule has 1 aromatic carbocycles. The molecular formula is C14H11FN2O3. The van der Waals surface area contributed by atoms with E-state index >= 15 is 0 Å². The Morgan fingerprint density at radius 1 is 1.45 bits per heavy atom. The molecule has 20 heavy (non-hydrogen) atoms. The van der Waals surface area contributed by atoms with Gasteiger partial charge in [0.2, 0.25) is 0 Å². The largest absolute Gasteiger partial charge is 0.478 e. The normalized spacial score (nSPS) is 11.1. The van der Waals surface area contributed by atoms with E-state index in [1.165, 1.54) is 6.07 Å². The van der Waals surface area contributed by atoms with Gasteiger partial charge in [-0.1, -0.05) is 6.92 Å². The Kier molecular flexibility index (Phi) is 2.78. The minimum absolute atomic E-state index is 0.383. The number of H-pyrrole nitrogens is 1. The number of carbonyl (C=O) groups is 1. The molecule has 3 rings (SSSR count). The molecule has 5 nitrogen and oxygen atoms in total. The SMILES string of the molecule is CCc1ccc(-c2nc3cc(C(=O)O)c(F)cc3[nH]2)o1. The molecule has 0 atom stereocenters. The fraction of sp³-hybridized carbons (Fsp3) is 0.143. The number of hydrogen-bond acceptors (Lipinski definition) is 3. The molecule has 3 aromatic rings. The molecule has 6 heteroatoms. The van der Waals surface area contributed by atoms with Crippen LogP contribution in [0, 0.1) is 5.82 Å². The van der Waals surface area contributed by atoms with Gasteiger partial charge in [-0.25, -0.2) is 14.2 Å². The number of nitrogens with one attached hydrogen (secondary N) is 1. The van der Waals surface area contributed by atoms with Crippen molar-refractivity contribution in [3.05, 3.63) is 41.4 Å². The summed E-state index contributed by atoms with van der Waals surface area (Å²) >= 11 is 0. The zero-order valence-corrected chi connectivity index (χ0v) is 10.6. The zero-order chi connectivity index (χ0) is 14.3. The minimum atomic E-state index is -1.32. The van der Waals surface area contributed by atoms with E-state index in [1.807, 2.05) is 13.0 Å². The maximum absolute atomic E-state index is 13.6. The van der Waals surface area contributed by atoms with Gasteiger partial charge in [0.15, 0.2) is 11.6 Å². The molecule has 0 saturated carbocycles. The van der Waals surface area contributed by atoms with Crippen LogP contribution in [-0.4, -0.2) is 21.0 Å². The van der Waals surface area contributed by atoms with Crippen LogP contribution in [0.4, 0.5) is 4.39 Å². The molecule has 102 valence electrons. The first-order valence-electron chi connectivity index (χ1n) is 6.10. The van der Waals surface area contributed by atoms with Gasteiger partial charge < -0.3 is 14.5 Å². The molecule has 2 N–H and O–H groups in total. The van der Waals surface area contributed by atoms with E-state index in [0.29, 0.717) is 22.6 Å². The summed E-state index contributed by atoms with van der Waals surface area (Å²) in [6, 6.07) is 5.94. The van der Waals surface area contributed by atoms with Gasteiger partial charge in [-0.05, 0) is 18.2 Å². The highest BCUT2D eigenvalue weighted by Gasteiger charge is 2.15. The number of hydrogen-bond donors (Lipinski definition) is 2. The molecule has 0 radical (unpaired) electrons. The number of carboxylic acid groups (broad SMARTS) is 1. The third-order valence-corrected chi connectivity index (χ3v) is 3.04. The predicted molar refractivity (Wildman–Crippen MR) is 70.1 cm³/mol. The Hall–Kier alpha value is -2.63. The fourth-order valence-corrected chi connectivity index (χ4v) is 2.01. The van der Waals surface area contributed by atoms with Crippen LogP contribution in [0.25, 0.3) is 22.6 Å². The first-order valence-corrected chi connectivity index (χ1v) is 6.10. The van der Waals surface area contributed by atoms with Crippen molar-refractivity contribution in [2.45, 2.75) is 13.3 Å². The Balaban J connectivity index is 2.12. The number of carboxylic acids is 1. The lowest BCUT2D eigenvalue weighted by Crippen LogP contribution is -1.99. The topological polar surface area (TPSA) is 79.1 Å². The van der Waals surface area contributed by atoms with Crippen molar-refractivity contribution in [1.82, 2.24) is 9.97 Å². The quantitative estimate of drug-likeness (QED) is 0.768. The molecule has 0 saturated heterocycles.